The van der Waals surface area contributed by atoms with Crippen LogP contribution < -0.4 is 0 Å². The van der Waals surface area contributed by atoms with Crippen molar-refractivity contribution in [3.05, 3.63) is 66.0 Å². The van der Waals surface area contributed by atoms with Gasteiger partial charge in [0.1, 0.15) is 5.82 Å². The molecule has 5 nitrogen and oxygen atoms in total. The number of benzene rings is 2. The lowest BCUT2D eigenvalue weighted by Gasteiger charge is -2.04. The maximum absolute atomic E-state index is 13.2. The van der Waals surface area contributed by atoms with Crippen molar-refractivity contribution in [2.75, 3.05) is 13.2 Å². The van der Waals surface area contributed by atoms with Gasteiger partial charge in [0.05, 0.1) is 13.2 Å². The Hall–Kier alpha value is -2.60. The van der Waals surface area contributed by atoms with E-state index in [0.717, 1.165) is 12.8 Å². The van der Waals surface area contributed by atoms with Gasteiger partial charge in [-0.15, -0.1) is 10.2 Å². The van der Waals surface area contributed by atoms with Crippen LogP contribution in [0.25, 0.3) is 11.4 Å². The monoisotopic (exact) mass is 326 g/mol. The molecule has 0 fully saturated rings. The van der Waals surface area contributed by atoms with E-state index >= 15 is 0 Å². The topological polar surface area (TPSA) is 52.8 Å². The van der Waals surface area contributed by atoms with E-state index in [1.807, 2.05) is 18.2 Å². The van der Waals surface area contributed by atoms with E-state index in [0.29, 0.717) is 31.1 Å². The molecule has 3 rings (SSSR count). The summed E-state index contributed by atoms with van der Waals surface area (Å²) in [5.74, 6) is 0.121. The fourth-order valence-corrected chi connectivity index (χ4v) is 2.33. The van der Waals surface area contributed by atoms with Crippen molar-refractivity contribution in [3.63, 3.8) is 0 Å². The van der Waals surface area contributed by atoms with Crippen molar-refractivity contribution in [1.29, 1.82) is 0 Å². The van der Waals surface area contributed by atoms with Crippen molar-refractivity contribution in [2.45, 2.75) is 19.4 Å². The van der Waals surface area contributed by atoms with E-state index < -0.39 is 0 Å². The third kappa shape index (κ3) is 4.70. The van der Waals surface area contributed by atoms with E-state index in [1.54, 1.807) is 12.1 Å². The molecule has 124 valence electrons. The number of hydrogen-bond acceptors (Lipinski definition) is 4. The second-order valence-corrected chi connectivity index (χ2v) is 5.42. The molecule has 3 aromatic rings. The Morgan fingerprint density at radius 2 is 1.88 bits per heavy atom. The van der Waals surface area contributed by atoms with Gasteiger partial charge in [-0.1, -0.05) is 42.5 Å². The number of rotatable bonds is 8. The lowest BCUT2D eigenvalue weighted by molar-refractivity contribution is 0.129. The molecule has 0 spiro atoms. The van der Waals surface area contributed by atoms with E-state index in [9.17, 15) is 4.39 Å². The van der Waals surface area contributed by atoms with Crippen LogP contribution in [0.1, 0.15) is 12.0 Å². The lowest BCUT2D eigenvalue weighted by atomic mass is 10.2. The molecule has 0 saturated carbocycles. The summed E-state index contributed by atoms with van der Waals surface area (Å²) in [7, 11) is 0. The molecule has 2 aromatic carbocycles. The van der Waals surface area contributed by atoms with Gasteiger partial charge in [-0.25, -0.2) is 4.39 Å². The smallest absolute Gasteiger partial charge is 0.205 e. The van der Waals surface area contributed by atoms with E-state index in [4.69, 9.17) is 4.74 Å². The number of tetrazole rings is 1. The van der Waals surface area contributed by atoms with Gasteiger partial charge in [-0.05, 0) is 35.8 Å². The van der Waals surface area contributed by atoms with Crippen molar-refractivity contribution in [1.82, 2.24) is 20.2 Å². The average molecular weight is 326 g/mol. The minimum Gasteiger partial charge on any atom is -0.381 e. The first kappa shape index (κ1) is 16.3. The summed E-state index contributed by atoms with van der Waals surface area (Å²) in [6, 6.07) is 16.4. The minimum absolute atomic E-state index is 0.310. The zero-order valence-electron chi connectivity index (χ0n) is 13.3. The molecule has 0 atom stereocenters. The Labute approximate surface area is 140 Å². The first-order valence-electron chi connectivity index (χ1n) is 7.97. The molecule has 0 saturated heterocycles. The van der Waals surface area contributed by atoms with Crippen LogP contribution in [-0.4, -0.2) is 33.4 Å². The summed E-state index contributed by atoms with van der Waals surface area (Å²) >= 11 is 0. The third-order valence-electron chi connectivity index (χ3n) is 3.56. The third-order valence-corrected chi connectivity index (χ3v) is 3.56. The second-order valence-electron chi connectivity index (χ2n) is 5.42. The Morgan fingerprint density at radius 3 is 2.71 bits per heavy atom. The zero-order chi connectivity index (χ0) is 16.6. The van der Waals surface area contributed by atoms with E-state index in [2.05, 4.69) is 27.5 Å². The van der Waals surface area contributed by atoms with Crippen LogP contribution in [-0.2, 0) is 17.7 Å². The molecule has 24 heavy (non-hydrogen) atoms. The molecule has 0 unspecified atom stereocenters. The van der Waals surface area contributed by atoms with Gasteiger partial charge < -0.3 is 4.74 Å². The predicted molar refractivity (Wildman–Crippen MR) is 88.8 cm³/mol. The zero-order valence-corrected chi connectivity index (χ0v) is 13.3. The van der Waals surface area contributed by atoms with E-state index in [1.165, 1.54) is 22.5 Å². The van der Waals surface area contributed by atoms with Gasteiger partial charge in [-0.2, -0.15) is 4.80 Å². The number of halogens is 1. The van der Waals surface area contributed by atoms with Gasteiger partial charge in [0.2, 0.25) is 5.82 Å². The molecule has 6 heteroatoms. The Kier molecular flexibility index (Phi) is 5.63. The maximum Gasteiger partial charge on any atom is 0.205 e. The molecule has 0 aliphatic rings. The van der Waals surface area contributed by atoms with Gasteiger partial charge >= 0.3 is 0 Å². The van der Waals surface area contributed by atoms with Crippen LogP contribution in [0.2, 0.25) is 0 Å². The molecular formula is C18H19FN4O. The quantitative estimate of drug-likeness (QED) is 0.597. The summed E-state index contributed by atoms with van der Waals surface area (Å²) in [5, 5.41) is 12.2. The van der Waals surface area contributed by atoms with Gasteiger partial charge in [-0.3, -0.25) is 0 Å². The minimum atomic E-state index is -0.310. The van der Waals surface area contributed by atoms with Crippen molar-refractivity contribution in [3.8, 4) is 11.4 Å². The molecular weight excluding hydrogens is 307 g/mol. The Morgan fingerprint density at radius 1 is 1.00 bits per heavy atom. The van der Waals surface area contributed by atoms with Crippen LogP contribution in [0.15, 0.2) is 54.6 Å². The summed E-state index contributed by atoms with van der Waals surface area (Å²) in [6.45, 7) is 1.96. The second kappa shape index (κ2) is 8.31. The molecule has 0 amide bonds. The van der Waals surface area contributed by atoms with Gasteiger partial charge in [0, 0.05) is 12.2 Å². The fourth-order valence-electron chi connectivity index (χ4n) is 2.33. The largest absolute Gasteiger partial charge is 0.381 e. The lowest BCUT2D eigenvalue weighted by Crippen LogP contribution is -2.07. The molecule has 0 aliphatic heterocycles. The Balaban J connectivity index is 1.38. The summed E-state index contributed by atoms with van der Waals surface area (Å²) in [6.07, 6.45) is 1.71. The standard InChI is InChI=1S/C18H19FN4O/c19-17-9-4-8-16(14-17)18-20-22-23(21-18)11-5-12-24-13-10-15-6-2-1-3-7-15/h1-4,6-9,14H,5,10-13H2. The number of hydrogen-bond donors (Lipinski definition) is 0. The van der Waals surface area contributed by atoms with Crippen LogP contribution in [0.5, 0.6) is 0 Å². The molecule has 0 N–H and O–H groups in total. The van der Waals surface area contributed by atoms with Crippen LogP contribution in [0.3, 0.4) is 0 Å². The normalized spacial score (nSPS) is 10.9. The van der Waals surface area contributed by atoms with Crippen LogP contribution in [0, 0.1) is 5.82 Å². The molecule has 0 radical (unpaired) electrons. The van der Waals surface area contributed by atoms with Crippen LogP contribution >= 0.6 is 0 Å². The predicted octanol–water partition coefficient (Wildman–Crippen LogP) is 3.13. The van der Waals surface area contributed by atoms with Crippen molar-refractivity contribution >= 4 is 0 Å². The first-order valence-corrected chi connectivity index (χ1v) is 7.97. The summed E-state index contributed by atoms with van der Waals surface area (Å²) < 4.78 is 18.8. The van der Waals surface area contributed by atoms with Crippen LogP contribution in [0.4, 0.5) is 4.39 Å². The highest BCUT2D eigenvalue weighted by atomic mass is 19.1. The highest BCUT2D eigenvalue weighted by Crippen LogP contribution is 2.14. The number of nitrogens with zero attached hydrogens (tertiary/aromatic N) is 4. The SMILES string of the molecule is Fc1cccc(-c2nnn(CCCOCCc3ccccc3)n2)c1. The highest BCUT2D eigenvalue weighted by molar-refractivity contribution is 5.53. The number of ether oxygens (including phenoxy) is 1. The van der Waals surface area contributed by atoms with Gasteiger partial charge in [0.25, 0.3) is 0 Å². The molecule has 1 aromatic heterocycles. The summed E-state index contributed by atoms with van der Waals surface area (Å²) in [5.41, 5.74) is 1.90. The van der Waals surface area contributed by atoms with Gasteiger partial charge in [0.15, 0.2) is 0 Å². The molecule has 0 aliphatic carbocycles. The van der Waals surface area contributed by atoms with Crippen molar-refractivity contribution < 1.29 is 9.13 Å². The molecule has 1 heterocycles. The number of aryl methyl sites for hydroxylation is 1. The highest BCUT2D eigenvalue weighted by Gasteiger charge is 2.06. The van der Waals surface area contributed by atoms with E-state index in [-0.39, 0.29) is 5.82 Å². The summed E-state index contributed by atoms with van der Waals surface area (Å²) in [4.78, 5) is 1.51. The molecule has 0 bridgehead atoms. The van der Waals surface area contributed by atoms with Crippen molar-refractivity contribution in [2.24, 2.45) is 0 Å². The Bertz CT molecular complexity index is 760. The first-order chi connectivity index (χ1) is 11.8. The average Bonchev–Trinajstić information content (AvgIpc) is 3.08. The number of aromatic nitrogens is 4. The fraction of sp³-hybridized carbons (Fsp3) is 0.278. The maximum atomic E-state index is 13.2.